The van der Waals surface area contributed by atoms with E-state index in [-0.39, 0.29) is 12.1 Å². The molecule has 102 valence electrons. The topological polar surface area (TPSA) is 72.6 Å². The van der Waals surface area contributed by atoms with Crippen LogP contribution in [0, 0.1) is 0 Å². The van der Waals surface area contributed by atoms with Gasteiger partial charge in [0, 0.05) is 18.7 Å². The van der Waals surface area contributed by atoms with Crippen LogP contribution in [0.15, 0.2) is 24.3 Å². The Labute approximate surface area is 112 Å². The van der Waals surface area contributed by atoms with Crippen LogP contribution in [-0.2, 0) is 4.74 Å². The number of amides is 1. The maximum atomic E-state index is 11.9. The molecule has 0 aliphatic carbocycles. The van der Waals surface area contributed by atoms with Gasteiger partial charge in [0.25, 0.3) is 0 Å². The van der Waals surface area contributed by atoms with Crippen molar-refractivity contribution in [3.05, 3.63) is 35.4 Å². The standard InChI is InChI=1S/C14H18N2O3/c1-16-8-6-12(7-9-16)19-14(18)11-4-2-10(3-5-11)13(15)17/h2-5,12H,6-9H2,1H3,(H2,15,17). The van der Waals surface area contributed by atoms with Gasteiger partial charge in [-0.25, -0.2) is 4.79 Å². The molecule has 1 aromatic carbocycles. The number of ether oxygens (including phenoxy) is 1. The fourth-order valence-corrected chi connectivity index (χ4v) is 2.09. The van der Waals surface area contributed by atoms with Crippen molar-refractivity contribution in [3.63, 3.8) is 0 Å². The Morgan fingerprint density at radius 1 is 1.16 bits per heavy atom. The number of nitrogens with two attached hydrogens (primary N) is 1. The summed E-state index contributed by atoms with van der Waals surface area (Å²) < 4.78 is 5.44. The minimum atomic E-state index is -0.504. The third kappa shape index (κ3) is 3.54. The molecule has 0 saturated carbocycles. The molecule has 1 aliphatic heterocycles. The minimum absolute atomic E-state index is 0.0143. The molecular weight excluding hydrogens is 244 g/mol. The van der Waals surface area contributed by atoms with Crippen molar-refractivity contribution in [3.8, 4) is 0 Å². The number of carbonyl (C=O) groups is 2. The van der Waals surface area contributed by atoms with Crippen molar-refractivity contribution in [1.29, 1.82) is 0 Å². The van der Waals surface area contributed by atoms with E-state index < -0.39 is 5.91 Å². The number of benzene rings is 1. The quantitative estimate of drug-likeness (QED) is 0.826. The molecule has 1 aromatic rings. The lowest BCUT2D eigenvalue weighted by molar-refractivity contribution is 0.0139. The van der Waals surface area contributed by atoms with Crippen molar-refractivity contribution in [2.45, 2.75) is 18.9 Å². The van der Waals surface area contributed by atoms with Crippen LogP contribution in [0.1, 0.15) is 33.6 Å². The largest absolute Gasteiger partial charge is 0.459 e. The SMILES string of the molecule is CN1CCC(OC(=O)c2ccc(C(N)=O)cc2)CC1. The van der Waals surface area contributed by atoms with Crippen LogP contribution < -0.4 is 5.73 Å². The van der Waals surface area contributed by atoms with E-state index in [0.717, 1.165) is 25.9 Å². The lowest BCUT2D eigenvalue weighted by Gasteiger charge is -2.28. The van der Waals surface area contributed by atoms with E-state index in [9.17, 15) is 9.59 Å². The van der Waals surface area contributed by atoms with Crippen LogP contribution in [0.5, 0.6) is 0 Å². The Hall–Kier alpha value is -1.88. The summed E-state index contributed by atoms with van der Waals surface area (Å²) in [5.41, 5.74) is 5.98. The van der Waals surface area contributed by atoms with E-state index in [2.05, 4.69) is 11.9 Å². The first-order valence-corrected chi connectivity index (χ1v) is 6.35. The first-order chi connectivity index (χ1) is 9.06. The summed E-state index contributed by atoms with van der Waals surface area (Å²) in [4.78, 5) is 25.1. The van der Waals surface area contributed by atoms with E-state index in [4.69, 9.17) is 10.5 Å². The van der Waals surface area contributed by atoms with Crippen molar-refractivity contribution >= 4 is 11.9 Å². The van der Waals surface area contributed by atoms with Crippen molar-refractivity contribution in [2.75, 3.05) is 20.1 Å². The van der Waals surface area contributed by atoms with Crippen LogP contribution in [0.4, 0.5) is 0 Å². The summed E-state index contributed by atoms with van der Waals surface area (Å²) in [6.45, 7) is 1.89. The number of rotatable bonds is 3. The van der Waals surface area contributed by atoms with Crippen molar-refractivity contribution in [1.82, 2.24) is 4.90 Å². The molecule has 0 unspecified atom stereocenters. The smallest absolute Gasteiger partial charge is 0.338 e. The number of likely N-dealkylation sites (tertiary alicyclic amines) is 1. The predicted molar refractivity (Wildman–Crippen MR) is 70.9 cm³/mol. The van der Waals surface area contributed by atoms with E-state index in [1.807, 2.05) is 0 Å². The van der Waals surface area contributed by atoms with Gasteiger partial charge in [0.15, 0.2) is 0 Å². The second-order valence-corrected chi connectivity index (χ2v) is 4.85. The molecule has 2 rings (SSSR count). The molecule has 0 radical (unpaired) electrons. The Morgan fingerprint density at radius 3 is 2.21 bits per heavy atom. The first kappa shape index (κ1) is 13.5. The Kier molecular flexibility index (Phi) is 4.16. The molecule has 1 aliphatic rings. The minimum Gasteiger partial charge on any atom is -0.459 e. The van der Waals surface area contributed by atoms with Gasteiger partial charge in [-0.15, -0.1) is 0 Å². The third-order valence-corrected chi connectivity index (χ3v) is 3.34. The third-order valence-electron chi connectivity index (χ3n) is 3.34. The van der Waals surface area contributed by atoms with Crippen LogP contribution in [-0.4, -0.2) is 43.0 Å². The number of piperidine rings is 1. The summed E-state index contributed by atoms with van der Waals surface area (Å²) in [6.07, 6.45) is 1.71. The van der Waals surface area contributed by atoms with Crippen LogP contribution in [0.25, 0.3) is 0 Å². The Bertz CT molecular complexity index is 462. The highest BCUT2D eigenvalue weighted by molar-refractivity contribution is 5.95. The van der Waals surface area contributed by atoms with Gasteiger partial charge in [-0.2, -0.15) is 0 Å². The summed E-state index contributed by atoms with van der Waals surface area (Å²) in [5, 5.41) is 0. The fourth-order valence-electron chi connectivity index (χ4n) is 2.09. The average Bonchev–Trinajstić information content (AvgIpc) is 2.41. The Balaban J connectivity index is 1.94. The Morgan fingerprint density at radius 2 is 1.68 bits per heavy atom. The molecule has 1 amide bonds. The van der Waals surface area contributed by atoms with E-state index in [1.165, 1.54) is 12.1 Å². The summed E-state index contributed by atoms with van der Waals surface area (Å²) >= 11 is 0. The number of primary amides is 1. The summed E-state index contributed by atoms with van der Waals surface area (Å²) in [7, 11) is 2.06. The van der Waals surface area contributed by atoms with Crippen molar-refractivity contribution < 1.29 is 14.3 Å². The van der Waals surface area contributed by atoms with Gasteiger partial charge in [0.1, 0.15) is 6.10 Å². The number of hydrogen-bond acceptors (Lipinski definition) is 4. The van der Waals surface area contributed by atoms with Gasteiger partial charge in [0.2, 0.25) is 5.91 Å². The molecule has 5 nitrogen and oxygen atoms in total. The van der Waals surface area contributed by atoms with Crippen LogP contribution in [0.3, 0.4) is 0 Å². The lowest BCUT2D eigenvalue weighted by Crippen LogP contribution is -2.35. The number of hydrogen-bond donors (Lipinski definition) is 1. The molecule has 0 spiro atoms. The summed E-state index contributed by atoms with van der Waals surface area (Å²) in [5.74, 6) is -0.846. The first-order valence-electron chi connectivity index (χ1n) is 6.35. The molecule has 1 fully saturated rings. The highest BCUT2D eigenvalue weighted by atomic mass is 16.5. The zero-order valence-corrected chi connectivity index (χ0v) is 11.0. The molecular formula is C14H18N2O3. The maximum absolute atomic E-state index is 11.9. The zero-order chi connectivity index (χ0) is 13.8. The summed E-state index contributed by atoms with van der Waals surface area (Å²) in [6, 6.07) is 6.20. The second kappa shape index (κ2) is 5.84. The molecule has 19 heavy (non-hydrogen) atoms. The number of carbonyl (C=O) groups excluding carboxylic acids is 2. The molecule has 5 heteroatoms. The molecule has 2 N–H and O–H groups in total. The van der Waals surface area contributed by atoms with Crippen LogP contribution in [0.2, 0.25) is 0 Å². The number of esters is 1. The highest BCUT2D eigenvalue weighted by Gasteiger charge is 2.21. The van der Waals surface area contributed by atoms with Crippen LogP contribution >= 0.6 is 0 Å². The van der Waals surface area contributed by atoms with E-state index in [1.54, 1.807) is 12.1 Å². The fraction of sp³-hybridized carbons (Fsp3) is 0.429. The highest BCUT2D eigenvalue weighted by Crippen LogP contribution is 2.15. The number of nitrogens with zero attached hydrogens (tertiary/aromatic N) is 1. The maximum Gasteiger partial charge on any atom is 0.338 e. The van der Waals surface area contributed by atoms with Gasteiger partial charge in [-0.3, -0.25) is 4.79 Å². The lowest BCUT2D eigenvalue weighted by atomic mass is 10.1. The van der Waals surface area contributed by atoms with E-state index in [0.29, 0.717) is 11.1 Å². The molecule has 0 bridgehead atoms. The van der Waals surface area contributed by atoms with Gasteiger partial charge < -0.3 is 15.4 Å². The van der Waals surface area contributed by atoms with Gasteiger partial charge in [-0.05, 0) is 44.2 Å². The normalized spacial score (nSPS) is 17.1. The van der Waals surface area contributed by atoms with Gasteiger partial charge >= 0.3 is 5.97 Å². The average molecular weight is 262 g/mol. The predicted octanol–water partition coefficient (Wildman–Crippen LogP) is 1.04. The monoisotopic (exact) mass is 262 g/mol. The van der Waals surface area contributed by atoms with Gasteiger partial charge in [0.05, 0.1) is 5.56 Å². The van der Waals surface area contributed by atoms with Gasteiger partial charge in [-0.1, -0.05) is 0 Å². The molecule has 1 heterocycles. The molecule has 0 aromatic heterocycles. The van der Waals surface area contributed by atoms with Crippen molar-refractivity contribution in [2.24, 2.45) is 5.73 Å². The zero-order valence-electron chi connectivity index (χ0n) is 11.0. The molecule has 1 saturated heterocycles. The molecule has 0 atom stereocenters. The van der Waals surface area contributed by atoms with E-state index >= 15 is 0 Å². The second-order valence-electron chi connectivity index (χ2n) is 4.85.